The Morgan fingerprint density at radius 1 is 1.36 bits per heavy atom. The zero-order valence-electron chi connectivity index (χ0n) is 7.35. The SMILES string of the molecule is COC(=N)c1cccc(C(F)(F)F)c1. The van der Waals surface area contributed by atoms with Crippen LogP contribution >= 0.6 is 0 Å². The van der Waals surface area contributed by atoms with E-state index in [4.69, 9.17) is 5.41 Å². The van der Waals surface area contributed by atoms with Crippen LogP contribution < -0.4 is 0 Å². The quantitative estimate of drug-likeness (QED) is 0.552. The molecule has 1 aromatic rings. The molecule has 2 nitrogen and oxygen atoms in total. The molecule has 0 atom stereocenters. The van der Waals surface area contributed by atoms with Crippen LogP contribution in [0.4, 0.5) is 13.2 Å². The molecule has 0 aliphatic rings. The third kappa shape index (κ3) is 2.25. The highest BCUT2D eigenvalue weighted by molar-refractivity contribution is 5.91. The van der Waals surface area contributed by atoms with Gasteiger partial charge in [0.1, 0.15) is 0 Å². The molecule has 1 aromatic carbocycles. The van der Waals surface area contributed by atoms with Crippen LogP contribution in [0.2, 0.25) is 0 Å². The largest absolute Gasteiger partial charge is 0.481 e. The standard InChI is InChI=1S/C9H8F3NO/c1-14-8(13)6-3-2-4-7(5-6)9(10,11)12/h2-5,13H,1H3. The first-order chi connectivity index (χ1) is 6.45. The van der Waals surface area contributed by atoms with Crippen LogP contribution in [-0.2, 0) is 10.9 Å². The molecular formula is C9H8F3NO. The number of ether oxygens (including phenoxy) is 1. The average Bonchev–Trinajstić information content (AvgIpc) is 2.15. The molecular weight excluding hydrogens is 195 g/mol. The van der Waals surface area contributed by atoms with Gasteiger partial charge in [-0.2, -0.15) is 13.2 Å². The second-order valence-electron chi connectivity index (χ2n) is 2.61. The van der Waals surface area contributed by atoms with Crippen LogP contribution in [0, 0.1) is 5.41 Å². The summed E-state index contributed by atoms with van der Waals surface area (Å²) < 4.78 is 41.2. The number of halogens is 3. The molecule has 0 radical (unpaired) electrons. The van der Waals surface area contributed by atoms with Gasteiger partial charge in [0, 0.05) is 5.56 Å². The first-order valence-electron chi connectivity index (χ1n) is 3.75. The maximum absolute atomic E-state index is 12.2. The topological polar surface area (TPSA) is 33.1 Å². The maximum atomic E-state index is 12.2. The van der Waals surface area contributed by atoms with Gasteiger partial charge in [0.05, 0.1) is 12.7 Å². The van der Waals surface area contributed by atoms with Crippen molar-refractivity contribution in [2.45, 2.75) is 6.18 Å². The van der Waals surface area contributed by atoms with Crippen LogP contribution in [-0.4, -0.2) is 13.0 Å². The minimum atomic E-state index is -4.38. The summed E-state index contributed by atoms with van der Waals surface area (Å²) in [5.41, 5.74) is -0.667. The summed E-state index contributed by atoms with van der Waals surface area (Å²) in [6.45, 7) is 0. The first kappa shape index (κ1) is 10.6. The van der Waals surface area contributed by atoms with Crippen molar-refractivity contribution in [3.63, 3.8) is 0 Å². The van der Waals surface area contributed by atoms with Crippen molar-refractivity contribution in [2.24, 2.45) is 0 Å². The van der Waals surface area contributed by atoms with E-state index in [1.54, 1.807) is 0 Å². The predicted molar refractivity (Wildman–Crippen MR) is 45.3 cm³/mol. The fourth-order valence-corrected chi connectivity index (χ4v) is 0.955. The number of alkyl halides is 3. The Labute approximate surface area is 78.8 Å². The maximum Gasteiger partial charge on any atom is 0.416 e. The van der Waals surface area contributed by atoms with Gasteiger partial charge in [-0.15, -0.1) is 0 Å². The molecule has 0 aromatic heterocycles. The Balaban J connectivity index is 3.08. The number of hydrogen-bond donors (Lipinski definition) is 1. The number of methoxy groups -OCH3 is 1. The summed E-state index contributed by atoms with van der Waals surface area (Å²) in [6.07, 6.45) is -4.38. The Morgan fingerprint density at radius 2 is 2.00 bits per heavy atom. The highest BCUT2D eigenvalue weighted by Crippen LogP contribution is 2.29. The summed E-state index contributed by atoms with van der Waals surface area (Å²) in [5.74, 6) is -0.281. The molecule has 0 aliphatic heterocycles. The van der Waals surface area contributed by atoms with Crippen LogP contribution in [0.1, 0.15) is 11.1 Å². The second kappa shape index (κ2) is 3.69. The number of rotatable bonds is 1. The molecule has 0 heterocycles. The van der Waals surface area contributed by atoms with Gasteiger partial charge in [0.2, 0.25) is 5.90 Å². The van der Waals surface area contributed by atoms with Crippen molar-refractivity contribution < 1.29 is 17.9 Å². The number of nitrogens with one attached hydrogen (secondary N) is 1. The molecule has 0 amide bonds. The third-order valence-electron chi connectivity index (χ3n) is 1.66. The molecule has 0 unspecified atom stereocenters. The Kier molecular flexibility index (Phi) is 2.78. The lowest BCUT2D eigenvalue weighted by Crippen LogP contribution is -2.08. The molecule has 76 valence electrons. The molecule has 0 aliphatic carbocycles. The summed E-state index contributed by atoms with van der Waals surface area (Å²) in [5, 5.41) is 7.19. The summed E-state index contributed by atoms with van der Waals surface area (Å²) >= 11 is 0. The van der Waals surface area contributed by atoms with E-state index in [1.165, 1.54) is 19.2 Å². The van der Waals surface area contributed by atoms with Crippen molar-refractivity contribution in [2.75, 3.05) is 7.11 Å². The van der Waals surface area contributed by atoms with E-state index in [0.29, 0.717) is 0 Å². The molecule has 0 saturated carbocycles. The zero-order chi connectivity index (χ0) is 10.8. The van der Waals surface area contributed by atoms with Gasteiger partial charge in [-0.05, 0) is 18.2 Å². The molecule has 0 saturated heterocycles. The summed E-state index contributed by atoms with van der Waals surface area (Å²) in [7, 11) is 1.24. The van der Waals surface area contributed by atoms with Crippen LogP contribution in [0.25, 0.3) is 0 Å². The van der Waals surface area contributed by atoms with E-state index in [0.717, 1.165) is 12.1 Å². The fraction of sp³-hybridized carbons (Fsp3) is 0.222. The monoisotopic (exact) mass is 203 g/mol. The van der Waals surface area contributed by atoms with Gasteiger partial charge in [0.25, 0.3) is 0 Å². The molecule has 0 bridgehead atoms. The molecule has 0 fully saturated rings. The number of hydrogen-bond acceptors (Lipinski definition) is 2. The van der Waals surface area contributed by atoms with Gasteiger partial charge in [-0.25, -0.2) is 0 Å². The van der Waals surface area contributed by atoms with Crippen LogP contribution in [0.3, 0.4) is 0 Å². The highest BCUT2D eigenvalue weighted by atomic mass is 19.4. The van der Waals surface area contributed by atoms with Gasteiger partial charge < -0.3 is 4.74 Å². The second-order valence-corrected chi connectivity index (χ2v) is 2.61. The van der Waals surface area contributed by atoms with Gasteiger partial charge in [-0.1, -0.05) is 6.07 Å². The Morgan fingerprint density at radius 3 is 2.50 bits per heavy atom. The van der Waals surface area contributed by atoms with E-state index >= 15 is 0 Å². The first-order valence-corrected chi connectivity index (χ1v) is 3.75. The van der Waals surface area contributed by atoms with Crippen molar-refractivity contribution in [3.8, 4) is 0 Å². The smallest absolute Gasteiger partial charge is 0.416 e. The molecule has 1 rings (SSSR count). The van der Waals surface area contributed by atoms with Crippen molar-refractivity contribution in [1.82, 2.24) is 0 Å². The summed E-state index contributed by atoms with van der Waals surface area (Å²) in [6, 6.07) is 4.46. The highest BCUT2D eigenvalue weighted by Gasteiger charge is 2.30. The lowest BCUT2D eigenvalue weighted by molar-refractivity contribution is -0.137. The molecule has 0 spiro atoms. The predicted octanol–water partition coefficient (Wildman–Crippen LogP) is 2.68. The van der Waals surface area contributed by atoms with Gasteiger partial charge in [0.15, 0.2) is 0 Å². The minimum Gasteiger partial charge on any atom is -0.481 e. The molecule has 5 heteroatoms. The van der Waals surface area contributed by atoms with Crippen molar-refractivity contribution in [1.29, 1.82) is 5.41 Å². The fourth-order valence-electron chi connectivity index (χ4n) is 0.955. The number of benzene rings is 1. The van der Waals surface area contributed by atoms with E-state index in [2.05, 4.69) is 4.74 Å². The summed E-state index contributed by atoms with van der Waals surface area (Å²) in [4.78, 5) is 0. The minimum absolute atomic E-state index is 0.113. The van der Waals surface area contributed by atoms with Gasteiger partial charge >= 0.3 is 6.18 Å². The average molecular weight is 203 g/mol. The van der Waals surface area contributed by atoms with Crippen molar-refractivity contribution in [3.05, 3.63) is 35.4 Å². The normalized spacial score (nSPS) is 11.1. The van der Waals surface area contributed by atoms with Crippen LogP contribution in [0.15, 0.2) is 24.3 Å². The van der Waals surface area contributed by atoms with E-state index in [1.807, 2.05) is 0 Å². The Bertz CT molecular complexity index is 346. The van der Waals surface area contributed by atoms with Crippen LogP contribution in [0.5, 0.6) is 0 Å². The zero-order valence-corrected chi connectivity index (χ0v) is 7.35. The van der Waals surface area contributed by atoms with Gasteiger partial charge in [-0.3, -0.25) is 5.41 Å². The molecule has 1 N–H and O–H groups in total. The molecule has 14 heavy (non-hydrogen) atoms. The van der Waals surface area contributed by atoms with E-state index in [9.17, 15) is 13.2 Å². The van der Waals surface area contributed by atoms with E-state index in [-0.39, 0.29) is 11.5 Å². The lowest BCUT2D eigenvalue weighted by Gasteiger charge is -2.08. The Hall–Kier alpha value is -1.52. The lowest BCUT2D eigenvalue weighted by atomic mass is 10.1. The van der Waals surface area contributed by atoms with Crippen molar-refractivity contribution >= 4 is 5.90 Å². The third-order valence-corrected chi connectivity index (χ3v) is 1.66. The van der Waals surface area contributed by atoms with E-state index < -0.39 is 11.7 Å².